The van der Waals surface area contributed by atoms with Crippen molar-refractivity contribution in [3.63, 3.8) is 0 Å². The highest BCUT2D eigenvalue weighted by Gasteiger charge is 2.22. The van der Waals surface area contributed by atoms with E-state index in [1.54, 1.807) is 11.8 Å². The summed E-state index contributed by atoms with van der Waals surface area (Å²) >= 11 is 3.15. The summed E-state index contributed by atoms with van der Waals surface area (Å²) in [5, 5.41) is 4.65. The monoisotopic (exact) mass is 424 g/mol. The summed E-state index contributed by atoms with van der Waals surface area (Å²) in [7, 11) is 0.678. The summed E-state index contributed by atoms with van der Waals surface area (Å²) < 4.78 is 6.93. The van der Waals surface area contributed by atoms with Crippen LogP contribution in [-0.4, -0.2) is 49.0 Å². The second-order valence-electron chi connectivity index (χ2n) is 8.14. The van der Waals surface area contributed by atoms with Crippen LogP contribution in [-0.2, 0) is 10.5 Å². The molecular weight excluding hydrogens is 396 g/mol. The number of hydrogen-bond donors (Lipinski definition) is 1. The molecule has 0 saturated carbocycles. The molecule has 1 saturated heterocycles. The van der Waals surface area contributed by atoms with Gasteiger partial charge in [0.25, 0.3) is 0 Å². The SMILES string of the molecule is CN1CCC(CC(=O)Nc2ncc(SCc3ncc([Si](C)(C)C)o3)s2)CC1. The average Bonchev–Trinajstić information content (AvgIpc) is 3.24. The minimum absolute atomic E-state index is 0.0722. The van der Waals surface area contributed by atoms with Crippen molar-refractivity contribution in [3.05, 3.63) is 18.3 Å². The van der Waals surface area contributed by atoms with Gasteiger partial charge in [-0.25, -0.2) is 9.97 Å². The van der Waals surface area contributed by atoms with Crippen LogP contribution in [0.4, 0.5) is 5.13 Å². The first-order chi connectivity index (χ1) is 12.8. The normalized spacial score (nSPS) is 16.6. The van der Waals surface area contributed by atoms with Gasteiger partial charge >= 0.3 is 0 Å². The molecule has 2 aromatic rings. The van der Waals surface area contributed by atoms with Crippen molar-refractivity contribution in [1.29, 1.82) is 0 Å². The number of amides is 1. The van der Waals surface area contributed by atoms with Crippen LogP contribution < -0.4 is 10.7 Å². The van der Waals surface area contributed by atoms with Gasteiger partial charge in [-0.1, -0.05) is 31.0 Å². The molecule has 6 nitrogen and oxygen atoms in total. The first kappa shape index (κ1) is 20.6. The zero-order valence-corrected chi connectivity index (χ0v) is 19.1. The fourth-order valence-corrected chi connectivity index (χ4v) is 5.56. The van der Waals surface area contributed by atoms with Gasteiger partial charge in [-0.05, 0) is 38.9 Å². The summed E-state index contributed by atoms with van der Waals surface area (Å²) in [5.74, 6) is 1.98. The molecule has 0 aromatic carbocycles. The van der Waals surface area contributed by atoms with Crippen molar-refractivity contribution >= 4 is 47.6 Å². The Kier molecular flexibility index (Phi) is 6.77. The molecule has 27 heavy (non-hydrogen) atoms. The van der Waals surface area contributed by atoms with E-state index in [1.807, 2.05) is 12.4 Å². The summed E-state index contributed by atoms with van der Waals surface area (Å²) in [6.07, 6.45) is 6.45. The Hall–Kier alpha value is -1.16. The molecule has 3 heterocycles. The van der Waals surface area contributed by atoms with Crippen LogP contribution in [0.15, 0.2) is 21.0 Å². The van der Waals surface area contributed by atoms with Gasteiger partial charge in [0.1, 0.15) is 13.5 Å². The largest absolute Gasteiger partial charge is 0.450 e. The number of piperidine rings is 1. The number of rotatable bonds is 7. The van der Waals surface area contributed by atoms with Crippen LogP contribution in [0.25, 0.3) is 0 Å². The highest BCUT2D eigenvalue weighted by molar-refractivity contribution is 8.00. The fourth-order valence-electron chi connectivity index (χ4n) is 2.94. The van der Waals surface area contributed by atoms with E-state index in [0.717, 1.165) is 41.4 Å². The molecule has 0 aliphatic carbocycles. The second kappa shape index (κ2) is 8.89. The van der Waals surface area contributed by atoms with Crippen LogP contribution in [0.2, 0.25) is 19.6 Å². The lowest BCUT2D eigenvalue weighted by Gasteiger charge is -2.28. The highest BCUT2D eigenvalue weighted by atomic mass is 32.2. The van der Waals surface area contributed by atoms with Gasteiger partial charge in [0, 0.05) is 6.42 Å². The molecular formula is C18H28N4O2S2Si. The third-order valence-corrected chi connectivity index (χ3v) is 8.48. The number of nitrogens with zero attached hydrogens (tertiary/aromatic N) is 3. The van der Waals surface area contributed by atoms with E-state index in [2.05, 4.69) is 46.9 Å². The van der Waals surface area contributed by atoms with Crippen molar-refractivity contribution in [2.75, 3.05) is 25.5 Å². The number of thiazole rings is 1. The maximum atomic E-state index is 12.3. The van der Waals surface area contributed by atoms with Gasteiger partial charge in [0.05, 0.1) is 22.4 Å². The molecule has 0 radical (unpaired) electrons. The zero-order chi connectivity index (χ0) is 19.4. The van der Waals surface area contributed by atoms with Crippen molar-refractivity contribution in [3.8, 4) is 0 Å². The van der Waals surface area contributed by atoms with Crippen molar-refractivity contribution in [2.45, 2.75) is 48.9 Å². The van der Waals surface area contributed by atoms with Crippen LogP contribution in [0.1, 0.15) is 25.2 Å². The highest BCUT2D eigenvalue weighted by Crippen LogP contribution is 2.30. The predicted octanol–water partition coefficient (Wildman–Crippen LogP) is 3.64. The molecule has 0 unspecified atom stereocenters. The molecule has 1 N–H and O–H groups in total. The van der Waals surface area contributed by atoms with Crippen LogP contribution in [0, 0.1) is 5.92 Å². The molecule has 0 bridgehead atoms. The van der Waals surface area contributed by atoms with Gasteiger partial charge in [0.15, 0.2) is 5.13 Å². The smallest absolute Gasteiger partial charge is 0.226 e. The topological polar surface area (TPSA) is 71.3 Å². The average molecular weight is 425 g/mol. The quantitative estimate of drug-likeness (QED) is 0.540. The molecule has 3 rings (SSSR count). The molecule has 1 aliphatic heterocycles. The van der Waals surface area contributed by atoms with Crippen LogP contribution >= 0.6 is 23.1 Å². The third kappa shape index (κ3) is 6.17. The molecule has 0 atom stereocenters. The van der Waals surface area contributed by atoms with Crippen molar-refractivity contribution < 1.29 is 9.21 Å². The van der Waals surface area contributed by atoms with E-state index in [-0.39, 0.29) is 5.91 Å². The molecule has 1 fully saturated rings. The Morgan fingerprint density at radius 3 is 2.74 bits per heavy atom. The van der Waals surface area contributed by atoms with E-state index in [4.69, 9.17) is 4.42 Å². The van der Waals surface area contributed by atoms with Gasteiger partial charge in [-0.2, -0.15) is 0 Å². The standard InChI is InChI=1S/C18H28N4O2S2Si/c1-22-7-5-13(6-8-22)9-14(23)21-18-20-11-17(26-18)25-12-15-19-10-16(24-15)27(2,3)4/h10-11,13H,5-9,12H2,1-4H3,(H,20,21,23). The number of aromatic nitrogens is 2. The summed E-state index contributed by atoms with van der Waals surface area (Å²) in [6.45, 7) is 8.89. The zero-order valence-electron chi connectivity index (χ0n) is 16.4. The predicted molar refractivity (Wildman–Crippen MR) is 115 cm³/mol. The maximum Gasteiger partial charge on any atom is 0.226 e. The number of anilines is 1. The summed E-state index contributed by atoms with van der Waals surface area (Å²) in [5.41, 5.74) is 0. The first-order valence-corrected chi connectivity index (χ1v) is 14.6. The molecule has 148 valence electrons. The van der Waals surface area contributed by atoms with E-state index in [1.165, 1.54) is 11.3 Å². The molecule has 9 heteroatoms. The van der Waals surface area contributed by atoms with Gasteiger partial charge in [0.2, 0.25) is 11.8 Å². The van der Waals surface area contributed by atoms with Crippen molar-refractivity contribution in [1.82, 2.24) is 14.9 Å². The van der Waals surface area contributed by atoms with E-state index in [9.17, 15) is 4.79 Å². The molecule has 2 aromatic heterocycles. The van der Waals surface area contributed by atoms with Crippen molar-refractivity contribution in [2.24, 2.45) is 5.92 Å². The number of oxazole rings is 1. The molecule has 1 aliphatic rings. The number of carbonyl (C=O) groups is 1. The van der Waals surface area contributed by atoms with Gasteiger partial charge in [-0.15, -0.1) is 11.8 Å². The van der Waals surface area contributed by atoms with E-state index >= 15 is 0 Å². The minimum atomic E-state index is -1.46. The lowest BCUT2D eigenvalue weighted by atomic mass is 9.93. The minimum Gasteiger partial charge on any atom is -0.450 e. The van der Waals surface area contributed by atoms with E-state index in [0.29, 0.717) is 23.2 Å². The van der Waals surface area contributed by atoms with Crippen LogP contribution in [0.3, 0.4) is 0 Å². The summed E-state index contributed by atoms with van der Waals surface area (Å²) in [4.78, 5) is 23.3. The van der Waals surface area contributed by atoms with Gasteiger partial charge < -0.3 is 14.6 Å². The Balaban J connectivity index is 1.45. The number of thioether (sulfide) groups is 1. The van der Waals surface area contributed by atoms with E-state index < -0.39 is 8.07 Å². The Morgan fingerprint density at radius 1 is 1.33 bits per heavy atom. The molecule has 1 amide bonds. The fraction of sp³-hybridized carbons (Fsp3) is 0.611. The second-order valence-corrected chi connectivity index (χ2v) is 15.4. The Labute approximate surface area is 170 Å². The lowest BCUT2D eigenvalue weighted by molar-refractivity contribution is -0.117. The van der Waals surface area contributed by atoms with Gasteiger partial charge in [-0.3, -0.25) is 4.79 Å². The summed E-state index contributed by atoms with van der Waals surface area (Å²) in [6, 6.07) is 0. The Bertz CT molecular complexity index is 763. The van der Waals surface area contributed by atoms with Crippen LogP contribution in [0.5, 0.6) is 0 Å². The number of carbonyl (C=O) groups excluding carboxylic acids is 1. The number of nitrogens with one attached hydrogen (secondary N) is 1. The number of hydrogen-bond acceptors (Lipinski definition) is 7. The maximum absolute atomic E-state index is 12.3. The lowest BCUT2D eigenvalue weighted by Crippen LogP contribution is -2.36. The Morgan fingerprint density at radius 2 is 2.07 bits per heavy atom. The first-order valence-electron chi connectivity index (χ1n) is 9.32. The number of likely N-dealkylation sites (tertiary alicyclic amines) is 1. The third-order valence-electron chi connectivity index (χ3n) is 4.67. The molecule has 0 spiro atoms.